The second-order valence-electron chi connectivity index (χ2n) is 1.86. The third-order valence-electron chi connectivity index (χ3n) is 1.17. The van der Waals surface area contributed by atoms with Gasteiger partial charge in [0.15, 0.2) is 0 Å². The normalized spacial score (nSPS) is 10.0. The zero-order valence-corrected chi connectivity index (χ0v) is 5.33. The molecule has 1 heterocycles. The molecule has 0 amide bonds. The van der Waals surface area contributed by atoms with Gasteiger partial charge < -0.3 is 5.11 Å². The summed E-state index contributed by atoms with van der Waals surface area (Å²) in [5, 5.41) is 12.3. The molecule has 1 rings (SSSR count). The van der Waals surface area contributed by atoms with E-state index in [0.29, 0.717) is 6.54 Å². The van der Waals surface area contributed by atoms with E-state index in [2.05, 4.69) is 11.3 Å². The Hall–Kier alpha value is -0.830. The molecule has 0 spiro atoms. The predicted molar refractivity (Wildman–Crippen MR) is 32.9 cm³/mol. The van der Waals surface area contributed by atoms with Gasteiger partial charge in [0.1, 0.15) is 6.20 Å². The van der Waals surface area contributed by atoms with Crippen molar-refractivity contribution in [1.82, 2.24) is 9.78 Å². The van der Waals surface area contributed by atoms with E-state index in [0.717, 1.165) is 5.69 Å². The number of aromatic nitrogens is 2. The minimum absolute atomic E-state index is 0.135. The summed E-state index contributed by atoms with van der Waals surface area (Å²) in [6, 6.07) is 1.79. The van der Waals surface area contributed by atoms with Crippen LogP contribution >= 0.6 is 0 Å². The minimum Gasteiger partial charge on any atom is -0.394 e. The second-order valence-corrected chi connectivity index (χ2v) is 1.86. The summed E-state index contributed by atoms with van der Waals surface area (Å²) in [4.78, 5) is 0. The van der Waals surface area contributed by atoms with E-state index in [9.17, 15) is 0 Å². The zero-order chi connectivity index (χ0) is 6.69. The van der Waals surface area contributed by atoms with E-state index in [1.54, 1.807) is 10.7 Å². The van der Waals surface area contributed by atoms with E-state index in [1.165, 1.54) is 0 Å². The maximum atomic E-state index is 8.49. The largest absolute Gasteiger partial charge is 0.394 e. The van der Waals surface area contributed by atoms with Gasteiger partial charge in [-0.25, -0.2) is 0 Å². The summed E-state index contributed by atoms with van der Waals surface area (Å²) in [7, 11) is 0. The molecule has 1 aromatic heterocycles. The van der Waals surface area contributed by atoms with Crippen molar-refractivity contribution in [3.8, 4) is 0 Å². The topological polar surface area (TPSA) is 38.0 Å². The molecule has 1 aromatic rings. The van der Waals surface area contributed by atoms with Crippen molar-refractivity contribution in [3.63, 3.8) is 0 Å². The van der Waals surface area contributed by atoms with E-state index in [1.807, 2.05) is 6.92 Å². The Labute approximate surface area is 53.9 Å². The number of aliphatic hydroxyl groups is 1. The Morgan fingerprint density at radius 2 is 2.67 bits per heavy atom. The van der Waals surface area contributed by atoms with Crippen LogP contribution in [-0.4, -0.2) is 21.5 Å². The predicted octanol–water partition coefficient (Wildman–Crippen LogP) is -0.0160. The number of aliphatic hydroxyl groups excluding tert-OH is 1. The van der Waals surface area contributed by atoms with Crippen LogP contribution in [0.25, 0.3) is 0 Å². The number of rotatable bonds is 2. The van der Waals surface area contributed by atoms with Crippen LogP contribution in [0.5, 0.6) is 0 Å². The van der Waals surface area contributed by atoms with E-state index in [4.69, 9.17) is 5.11 Å². The van der Waals surface area contributed by atoms with Gasteiger partial charge >= 0.3 is 0 Å². The molecule has 0 unspecified atom stereocenters. The molecule has 0 aliphatic heterocycles. The van der Waals surface area contributed by atoms with Crippen LogP contribution < -0.4 is 0 Å². The fraction of sp³-hybridized carbons (Fsp3) is 0.500. The fourth-order valence-electron chi connectivity index (χ4n) is 0.666. The van der Waals surface area contributed by atoms with Crippen molar-refractivity contribution in [2.75, 3.05) is 6.61 Å². The number of nitrogens with zero attached hydrogens (tertiary/aromatic N) is 2. The minimum atomic E-state index is 0.135. The standard InChI is InChI=1S/C6H9N2O/c1-6-2-3-7-8(6)4-5-9/h2,9H,4-5H2,1H3. The molecule has 0 saturated carbocycles. The summed E-state index contributed by atoms with van der Waals surface area (Å²) >= 11 is 0. The highest BCUT2D eigenvalue weighted by atomic mass is 16.3. The highest BCUT2D eigenvalue weighted by Crippen LogP contribution is 1.92. The smallest absolute Gasteiger partial charge is 0.113 e. The van der Waals surface area contributed by atoms with Crippen LogP contribution in [0.1, 0.15) is 5.69 Å². The van der Waals surface area contributed by atoms with Crippen LogP contribution in [0.15, 0.2) is 6.07 Å². The summed E-state index contributed by atoms with van der Waals surface area (Å²) in [5.41, 5.74) is 1.03. The van der Waals surface area contributed by atoms with Crippen molar-refractivity contribution >= 4 is 0 Å². The van der Waals surface area contributed by atoms with Crippen molar-refractivity contribution in [2.24, 2.45) is 0 Å². The molecule has 0 bridgehead atoms. The van der Waals surface area contributed by atoms with Gasteiger partial charge in [-0.05, 0) is 13.0 Å². The molecule has 0 aliphatic carbocycles. The van der Waals surface area contributed by atoms with Crippen LogP contribution in [0, 0.1) is 13.1 Å². The summed E-state index contributed by atoms with van der Waals surface area (Å²) < 4.78 is 1.71. The first-order chi connectivity index (χ1) is 4.34. The third-order valence-corrected chi connectivity index (χ3v) is 1.17. The van der Waals surface area contributed by atoms with Crippen molar-refractivity contribution < 1.29 is 5.11 Å². The quantitative estimate of drug-likeness (QED) is 0.603. The van der Waals surface area contributed by atoms with Crippen LogP contribution in [-0.2, 0) is 6.54 Å². The van der Waals surface area contributed by atoms with Crippen molar-refractivity contribution in [2.45, 2.75) is 13.5 Å². The maximum absolute atomic E-state index is 8.49. The average Bonchev–Trinajstić information content (AvgIpc) is 2.18. The zero-order valence-electron chi connectivity index (χ0n) is 5.33. The lowest BCUT2D eigenvalue weighted by Gasteiger charge is -1.97. The van der Waals surface area contributed by atoms with Gasteiger partial charge in [0.25, 0.3) is 0 Å². The molecular weight excluding hydrogens is 116 g/mol. The average molecular weight is 125 g/mol. The van der Waals surface area contributed by atoms with Gasteiger partial charge in [0.2, 0.25) is 0 Å². The number of hydrogen-bond acceptors (Lipinski definition) is 2. The highest BCUT2D eigenvalue weighted by molar-refractivity contribution is 4.94. The van der Waals surface area contributed by atoms with Gasteiger partial charge in [-0.2, -0.15) is 5.10 Å². The Bertz CT molecular complexity index is 183. The Morgan fingerprint density at radius 3 is 3.11 bits per heavy atom. The first-order valence-electron chi connectivity index (χ1n) is 2.86. The van der Waals surface area contributed by atoms with Crippen molar-refractivity contribution in [1.29, 1.82) is 0 Å². The maximum Gasteiger partial charge on any atom is 0.113 e. The molecule has 1 radical (unpaired) electrons. The molecule has 9 heavy (non-hydrogen) atoms. The molecule has 49 valence electrons. The van der Waals surface area contributed by atoms with Crippen molar-refractivity contribution in [3.05, 3.63) is 18.0 Å². The summed E-state index contributed by atoms with van der Waals surface area (Å²) in [5.74, 6) is 0. The monoisotopic (exact) mass is 125 g/mol. The first kappa shape index (κ1) is 6.29. The molecule has 0 saturated heterocycles. The van der Waals surface area contributed by atoms with E-state index in [-0.39, 0.29) is 6.61 Å². The van der Waals surface area contributed by atoms with Gasteiger partial charge in [-0.3, -0.25) is 4.68 Å². The van der Waals surface area contributed by atoms with Gasteiger partial charge in [-0.15, -0.1) is 0 Å². The highest BCUT2D eigenvalue weighted by Gasteiger charge is 1.92. The molecule has 3 nitrogen and oxygen atoms in total. The molecule has 0 fully saturated rings. The van der Waals surface area contributed by atoms with Gasteiger partial charge in [-0.1, -0.05) is 0 Å². The molecule has 0 aliphatic rings. The lowest BCUT2D eigenvalue weighted by molar-refractivity contribution is 0.268. The summed E-state index contributed by atoms with van der Waals surface area (Å²) in [6.07, 6.45) is 2.68. The third kappa shape index (κ3) is 1.29. The fourth-order valence-corrected chi connectivity index (χ4v) is 0.666. The van der Waals surface area contributed by atoms with Crippen LogP contribution in [0.2, 0.25) is 0 Å². The SMILES string of the molecule is Cc1c[c]nn1CCO. The Balaban J connectivity index is 2.69. The van der Waals surface area contributed by atoms with Gasteiger partial charge in [0.05, 0.1) is 13.2 Å². The van der Waals surface area contributed by atoms with E-state index >= 15 is 0 Å². The molecular formula is C6H9N2O. The Morgan fingerprint density at radius 1 is 1.89 bits per heavy atom. The lowest BCUT2D eigenvalue weighted by atomic mass is 10.5. The molecule has 0 atom stereocenters. The van der Waals surface area contributed by atoms with Crippen LogP contribution in [0.3, 0.4) is 0 Å². The first-order valence-corrected chi connectivity index (χ1v) is 2.86. The molecule has 0 aromatic carbocycles. The molecule has 3 heteroatoms. The van der Waals surface area contributed by atoms with E-state index < -0.39 is 0 Å². The lowest BCUT2D eigenvalue weighted by Crippen LogP contribution is -2.04. The number of hydrogen-bond donors (Lipinski definition) is 1. The Kier molecular flexibility index (Phi) is 1.85. The van der Waals surface area contributed by atoms with Gasteiger partial charge in [0, 0.05) is 5.69 Å². The van der Waals surface area contributed by atoms with Crippen LogP contribution in [0.4, 0.5) is 0 Å². The second kappa shape index (κ2) is 2.64. The molecule has 1 N–H and O–H groups in total. The number of aryl methyl sites for hydroxylation is 1. The summed E-state index contributed by atoms with van der Waals surface area (Å²) in [6.45, 7) is 2.63.